The van der Waals surface area contributed by atoms with Gasteiger partial charge in [-0.2, -0.15) is 0 Å². The van der Waals surface area contributed by atoms with Gasteiger partial charge in [0, 0.05) is 19.5 Å². The zero-order chi connectivity index (χ0) is 15.9. The van der Waals surface area contributed by atoms with E-state index in [9.17, 15) is 4.79 Å². The van der Waals surface area contributed by atoms with Crippen molar-refractivity contribution in [2.45, 2.75) is 45.4 Å². The molecule has 0 spiro atoms. The van der Waals surface area contributed by atoms with Crippen LogP contribution in [0.5, 0.6) is 0 Å². The second-order valence-electron chi connectivity index (χ2n) is 6.78. The van der Waals surface area contributed by atoms with Crippen molar-refractivity contribution in [2.75, 3.05) is 26.7 Å². The molecule has 1 saturated heterocycles. The highest BCUT2D eigenvalue weighted by Gasteiger charge is 2.21. The van der Waals surface area contributed by atoms with Gasteiger partial charge in [0.05, 0.1) is 0 Å². The van der Waals surface area contributed by atoms with Crippen LogP contribution in [0.25, 0.3) is 0 Å². The molecule has 0 atom stereocenters. The van der Waals surface area contributed by atoms with E-state index in [-0.39, 0.29) is 0 Å². The summed E-state index contributed by atoms with van der Waals surface area (Å²) < 4.78 is 0. The van der Waals surface area contributed by atoms with Crippen LogP contribution in [0.1, 0.15) is 50.2 Å². The first kappa shape index (κ1) is 17.0. The second kappa shape index (κ2) is 8.33. The highest BCUT2D eigenvalue weighted by Crippen LogP contribution is 2.18. The molecule has 0 unspecified atom stereocenters. The molecule has 1 aliphatic heterocycles. The molecule has 1 aromatic carbocycles. The summed E-state index contributed by atoms with van der Waals surface area (Å²) in [6.45, 7) is 7.34. The summed E-state index contributed by atoms with van der Waals surface area (Å²) in [6, 6.07) is 8.71. The molecule has 1 amide bonds. The van der Waals surface area contributed by atoms with Crippen LogP contribution in [-0.4, -0.2) is 37.5 Å². The first-order chi connectivity index (χ1) is 10.6. The van der Waals surface area contributed by atoms with E-state index >= 15 is 0 Å². The van der Waals surface area contributed by atoms with Crippen molar-refractivity contribution in [1.82, 2.24) is 10.2 Å². The molecule has 1 N–H and O–H groups in total. The number of carbonyl (C=O) groups is 1. The molecule has 1 fully saturated rings. The molecule has 2 rings (SSSR count). The van der Waals surface area contributed by atoms with Crippen molar-refractivity contribution >= 4 is 5.91 Å². The maximum Gasteiger partial charge on any atom is 0.222 e. The Morgan fingerprint density at radius 3 is 2.41 bits per heavy atom. The molecule has 1 heterocycles. The van der Waals surface area contributed by atoms with Crippen molar-refractivity contribution in [1.29, 1.82) is 0 Å². The summed E-state index contributed by atoms with van der Waals surface area (Å²) >= 11 is 0. The maximum atomic E-state index is 12.3. The van der Waals surface area contributed by atoms with Crippen LogP contribution in [-0.2, 0) is 11.2 Å². The van der Waals surface area contributed by atoms with Crippen LogP contribution in [0, 0.1) is 5.92 Å². The summed E-state index contributed by atoms with van der Waals surface area (Å²) in [4.78, 5) is 14.4. The zero-order valence-electron chi connectivity index (χ0n) is 14.3. The second-order valence-corrected chi connectivity index (χ2v) is 6.78. The highest BCUT2D eigenvalue weighted by molar-refractivity contribution is 5.76. The smallest absolute Gasteiger partial charge is 0.222 e. The lowest BCUT2D eigenvalue weighted by atomic mass is 9.96. The molecule has 0 radical (unpaired) electrons. The molecule has 0 aliphatic carbocycles. The Morgan fingerprint density at radius 2 is 1.86 bits per heavy atom. The zero-order valence-corrected chi connectivity index (χ0v) is 14.3. The number of piperidine rings is 1. The molecule has 122 valence electrons. The molecular weight excluding hydrogens is 272 g/mol. The van der Waals surface area contributed by atoms with Gasteiger partial charge in [-0.15, -0.1) is 0 Å². The van der Waals surface area contributed by atoms with E-state index in [1.54, 1.807) is 0 Å². The fourth-order valence-electron chi connectivity index (χ4n) is 3.15. The lowest BCUT2D eigenvalue weighted by Gasteiger charge is -2.32. The number of nitrogens with zero attached hydrogens (tertiary/aromatic N) is 1. The summed E-state index contributed by atoms with van der Waals surface area (Å²) in [5.74, 6) is 1.61. The number of hydrogen-bond donors (Lipinski definition) is 1. The monoisotopic (exact) mass is 302 g/mol. The highest BCUT2D eigenvalue weighted by atomic mass is 16.2. The van der Waals surface area contributed by atoms with Gasteiger partial charge in [0.25, 0.3) is 0 Å². The van der Waals surface area contributed by atoms with Crippen LogP contribution >= 0.6 is 0 Å². The van der Waals surface area contributed by atoms with Gasteiger partial charge in [-0.3, -0.25) is 4.79 Å². The number of amides is 1. The molecular formula is C19H30N2O. The van der Waals surface area contributed by atoms with Gasteiger partial charge in [-0.1, -0.05) is 38.1 Å². The van der Waals surface area contributed by atoms with E-state index in [1.807, 2.05) is 7.05 Å². The normalized spacial score (nSPS) is 16.3. The number of likely N-dealkylation sites (tertiary alicyclic amines) is 1. The molecule has 22 heavy (non-hydrogen) atoms. The third-order valence-corrected chi connectivity index (χ3v) is 4.73. The van der Waals surface area contributed by atoms with Crippen molar-refractivity contribution in [3.63, 3.8) is 0 Å². The predicted octanol–water partition coefficient (Wildman–Crippen LogP) is 3.20. The van der Waals surface area contributed by atoms with Gasteiger partial charge in [0.15, 0.2) is 0 Å². The summed E-state index contributed by atoms with van der Waals surface area (Å²) in [6.07, 6.45) is 3.76. The Balaban J connectivity index is 1.76. The minimum Gasteiger partial charge on any atom is -0.343 e. The third-order valence-electron chi connectivity index (χ3n) is 4.73. The van der Waals surface area contributed by atoms with Gasteiger partial charge in [0.1, 0.15) is 0 Å². The fraction of sp³-hybridized carbons (Fsp3) is 0.632. The van der Waals surface area contributed by atoms with E-state index < -0.39 is 0 Å². The van der Waals surface area contributed by atoms with E-state index in [4.69, 9.17) is 0 Å². The van der Waals surface area contributed by atoms with Crippen molar-refractivity contribution in [3.8, 4) is 0 Å². The molecule has 1 aliphatic rings. The number of hydrogen-bond acceptors (Lipinski definition) is 2. The predicted molar refractivity (Wildman–Crippen MR) is 92.1 cm³/mol. The number of benzene rings is 1. The van der Waals surface area contributed by atoms with Gasteiger partial charge >= 0.3 is 0 Å². The topological polar surface area (TPSA) is 32.3 Å². The van der Waals surface area contributed by atoms with Gasteiger partial charge in [-0.25, -0.2) is 0 Å². The SMILES string of the molecule is CNCC1CCN(C(=O)CCc2ccc(C(C)C)cc2)CC1. The lowest BCUT2D eigenvalue weighted by molar-refractivity contribution is -0.132. The molecule has 3 heteroatoms. The summed E-state index contributed by atoms with van der Waals surface area (Å²) in [7, 11) is 2.00. The average Bonchev–Trinajstić information content (AvgIpc) is 2.54. The largest absolute Gasteiger partial charge is 0.343 e. The number of rotatable bonds is 6. The lowest BCUT2D eigenvalue weighted by Crippen LogP contribution is -2.40. The summed E-state index contributed by atoms with van der Waals surface area (Å²) in [5.41, 5.74) is 2.63. The quantitative estimate of drug-likeness (QED) is 0.875. The van der Waals surface area contributed by atoms with Crippen molar-refractivity contribution in [3.05, 3.63) is 35.4 Å². The van der Waals surface area contributed by atoms with Gasteiger partial charge in [-0.05, 0) is 55.8 Å². The van der Waals surface area contributed by atoms with Crippen LogP contribution in [0.2, 0.25) is 0 Å². The third kappa shape index (κ3) is 4.84. The Morgan fingerprint density at radius 1 is 1.23 bits per heavy atom. The van der Waals surface area contributed by atoms with E-state index in [0.717, 1.165) is 44.8 Å². The maximum absolute atomic E-state index is 12.3. The summed E-state index contributed by atoms with van der Waals surface area (Å²) in [5, 5.41) is 3.24. The molecule has 1 aromatic rings. The Bertz CT molecular complexity index is 459. The number of nitrogens with one attached hydrogen (secondary N) is 1. The van der Waals surface area contributed by atoms with Crippen LogP contribution < -0.4 is 5.32 Å². The van der Waals surface area contributed by atoms with Crippen LogP contribution in [0.4, 0.5) is 0 Å². The van der Waals surface area contributed by atoms with Crippen molar-refractivity contribution in [2.24, 2.45) is 5.92 Å². The minimum absolute atomic E-state index is 0.316. The number of carbonyl (C=O) groups excluding carboxylic acids is 1. The first-order valence-corrected chi connectivity index (χ1v) is 8.61. The van der Waals surface area contributed by atoms with Crippen LogP contribution in [0.3, 0.4) is 0 Å². The number of aryl methyl sites for hydroxylation is 1. The Labute approximate surface area is 135 Å². The fourth-order valence-corrected chi connectivity index (χ4v) is 3.15. The Hall–Kier alpha value is -1.35. The molecule has 0 saturated carbocycles. The molecule has 0 bridgehead atoms. The molecule has 0 aromatic heterocycles. The van der Waals surface area contributed by atoms with Gasteiger partial charge in [0.2, 0.25) is 5.91 Å². The minimum atomic E-state index is 0.316. The molecule has 3 nitrogen and oxygen atoms in total. The van der Waals surface area contributed by atoms with E-state index in [1.165, 1.54) is 11.1 Å². The van der Waals surface area contributed by atoms with Crippen molar-refractivity contribution < 1.29 is 4.79 Å². The van der Waals surface area contributed by atoms with Gasteiger partial charge < -0.3 is 10.2 Å². The van der Waals surface area contributed by atoms with E-state index in [2.05, 4.69) is 48.3 Å². The Kier molecular flexibility index (Phi) is 6.44. The average molecular weight is 302 g/mol. The standard InChI is InChI=1S/C19H30N2O/c1-15(2)18-7-4-16(5-8-18)6-9-19(22)21-12-10-17(11-13-21)14-20-3/h4-5,7-8,15,17,20H,6,9-14H2,1-3H3. The first-order valence-electron chi connectivity index (χ1n) is 8.61. The van der Waals surface area contributed by atoms with E-state index in [0.29, 0.717) is 18.2 Å². The van der Waals surface area contributed by atoms with Crippen LogP contribution in [0.15, 0.2) is 24.3 Å².